The van der Waals surface area contributed by atoms with Crippen molar-refractivity contribution in [3.05, 3.63) is 0 Å². The van der Waals surface area contributed by atoms with Crippen LogP contribution in [-0.4, -0.2) is 83.5 Å². The minimum Gasteiger partial charge on any atom is -0.464 e. The molecule has 0 spiro atoms. The summed E-state index contributed by atoms with van der Waals surface area (Å²) >= 11 is 0. The van der Waals surface area contributed by atoms with Gasteiger partial charge in [-0.25, -0.2) is 9.59 Å². The Balaban J connectivity index is 2.25. The quantitative estimate of drug-likeness (QED) is 0.218. The lowest BCUT2D eigenvalue weighted by Gasteiger charge is -2.28. The second-order valence-corrected chi connectivity index (χ2v) is 11.4. The molecule has 1 saturated heterocycles. The molecule has 0 unspecified atom stereocenters. The third-order valence-electron chi connectivity index (χ3n) is 4.82. The first kappa shape index (κ1) is 28.8. The molecule has 1 N–H and O–H groups in total. The Morgan fingerprint density at radius 3 is 2.16 bits per heavy atom. The number of esters is 1. The maximum absolute atomic E-state index is 12.4. The van der Waals surface area contributed by atoms with Crippen LogP contribution in [0.3, 0.4) is 0 Å². The first-order valence-corrected chi connectivity index (χ1v) is 13.9. The van der Waals surface area contributed by atoms with Gasteiger partial charge in [0, 0.05) is 32.4 Å². The zero-order valence-corrected chi connectivity index (χ0v) is 21.9. The normalized spacial score (nSPS) is 16.9. The van der Waals surface area contributed by atoms with E-state index in [4.69, 9.17) is 22.8 Å². The van der Waals surface area contributed by atoms with Gasteiger partial charge in [-0.2, -0.15) is 0 Å². The first-order valence-electron chi connectivity index (χ1n) is 12.0. The van der Waals surface area contributed by atoms with E-state index in [0.29, 0.717) is 45.8 Å². The standard InChI is InChI=1S/C22H44N2O7Si/c1-7-28-32(29-8-2,30-9-3)18-12-15-23-14-11-17-27-20(25)19-13-10-16-24(19)21(26)31-22(4,5)6/h19,23H,7-18H2,1-6H3/t19-/m0/s1. The maximum atomic E-state index is 12.4. The average molecular weight is 477 g/mol. The highest BCUT2D eigenvalue weighted by atomic mass is 28.4. The number of hydrogen-bond acceptors (Lipinski definition) is 8. The van der Waals surface area contributed by atoms with E-state index in [-0.39, 0.29) is 5.97 Å². The first-order chi connectivity index (χ1) is 15.2. The molecule has 1 atom stereocenters. The summed E-state index contributed by atoms with van der Waals surface area (Å²) in [4.78, 5) is 26.2. The summed E-state index contributed by atoms with van der Waals surface area (Å²) in [6.45, 7) is 15.4. The molecule has 32 heavy (non-hydrogen) atoms. The molecule has 188 valence electrons. The van der Waals surface area contributed by atoms with Gasteiger partial charge in [-0.1, -0.05) is 0 Å². The van der Waals surface area contributed by atoms with Crippen molar-refractivity contribution in [2.24, 2.45) is 0 Å². The van der Waals surface area contributed by atoms with E-state index < -0.39 is 26.5 Å². The molecule has 9 nitrogen and oxygen atoms in total. The molecule has 1 aliphatic heterocycles. The summed E-state index contributed by atoms with van der Waals surface area (Å²) in [6, 6.07) is 0.221. The lowest BCUT2D eigenvalue weighted by molar-refractivity contribution is -0.148. The van der Waals surface area contributed by atoms with Crippen LogP contribution in [0.2, 0.25) is 6.04 Å². The number of rotatable bonds is 15. The number of likely N-dealkylation sites (tertiary alicyclic amines) is 1. The molecule has 1 amide bonds. The van der Waals surface area contributed by atoms with E-state index in [9.17, 15) is 9.59 Å². The highest BCUT2D eigenvalue weighted by Gasteiger charge is 2.39. The zero-order valence-electron chi connectivity index (χ0n) is 20.9. The lowest BCUT2D eigenvalue weighted by Crippen LogP contribution is -2.46. The van der Waals surface area contributed by atoms with Gasteiger partial charge in [-0.05, 0) is 80.3 Å². The van der Waals surface area contributed by atoms with Crippen molar-refractivity contribution in [2.75, 3.05) is 46.1 Å². The minimum absolute atomic E-state index is 0.319. The zero-order chi connectivity index (χ0) is 24.0. The minimum atomic E-state index is -2.58. The molecular weight excluding hydrogens is 432 g/mol. The molecule has 0 aromatic rings. The van der Waals surface area contributed by atoms with Gasteiger partial charge in [0.1, 0.15) is 11.6 Å². The van der Waals surface area contributed by atoms with Gasteiger partial charge in [0.2, 0.25) is 0 Å². The fourth-order valence-corrected chi connectivity index (χ4v) is 6.19. The van der Waals surface area contributed by atoms with Crippen LogP contribution in [0.1, 0.15) is 67.2 Å². The summed E-state index contributed by atoms with van der Waals surface area (Å²) in [6.07, 6.45) is 2.52. The molecule has 0 radical (unpaired) electrons. The Labute approximate surface area is 194 Å². The number of hydrogen-bond donors (Lipinski definition) is 1. The van der Waals surface area contributed by atoms with Crippen LogP contribution in [-0.2, 0) is 27.5 Å². The Hall–Kier alpha value is -1.20. The fourth-order valence-electron chi connectivity index (χ4n) is 3.57. The summed E-state index contributed by atoms with van der Waals surface area (Å²) in [5, 5.41) is 3.36. The molecule has 0 bridgehead atoms. The van der Waals surface area contributed by atoms with Crippen molar-refractivity contribution in [1.82, 2.24) is 10.2 Å². The van der Waals surface area contributed by atoms with Gasteiger partial charge in [-0.15, -0.1) is 0 Å². The molecule has 1 rings (SSSR count). The van der Waals surface area contributed by atoms with E-state index >= 15 is 0 Å². The van der Waals surface area contributed by atoms with Crippen molar-refractivity contribution in [3.8, 4) is 0 Å². The highest BCUT2D eigenvalue weighted by molar-refractivity contribution is 6.60. The SMILES string of the molecule is CCO[Si](CCCNCCCOC(=O)[C@@H]1CCCN1C(=O)OC(C)(C)C)(OCC)OCC. The van der Waals surface area contributed by atoms with Crippen molar-refractivity contribution < 1.29 is 32.3 Å². The fraction of sp³-hybridized carbons (Fsp3) is 0.909. The van der Waals surface area contributed by atoms with Gasteiger partial charge >= 0.3 is 20.9 Å². The van der Waals surface area contributed by atoms with Gasteiger partial charge in [0.25, 0.3) is 0 Å². The lowest BCUT2D eigenvalue weighted by atomic mass is 10.2. The summed E-state index contributed by atoms with van der Waals surface area (Å²) in [5.41, 5.74) is -0.587. The highest BCUT2D eigenvalue weighted by Crippen LogP contribution is 2.22. The molecule has 10 heteroatoms. The predicted octanol–water partition coefficient (Wildman–Crippen LogP) is 3.35. The Morgan fingerprint density at radius 2 is 1.59 bits per heavy atom. The molecule has 0 aromatic carbocycles. The van der Waals surface area contributed by atoms with Crippen LogP contribution in [0.25, 0.3) is 0 Å². The van der Waals surface area contributed by atoms with Crippen LogP contribution < -0.4 is 5.32 Å². The molecule has 1 aliphatic rings. The molecule has 0 saturated carbocycles. The van der Waals surface area contributed by atoms with Gasteiger partial charge in [-0.3, -0.25) is 4.90 Å². The van der Waals surface area contributed by atoms with E-state index in [1.807, 2.05) is 41.5 Å². The van der Waals surface area contributed by atoms with Crippen molar-refractivity contribution in [3.63, 3.8) is 0 Å². The van der Waals surface area contributed by atoms with Crippen LogP contribution in [0.5, 0.6) is 0 Å². The number of carbonyl (C=O) groups is 2. The molecule has 1 fully saturated rings. The van der Waals surface area contributed by atoms with Gasteiger partial charge < -0.3 is 28.1 Å². The van der Waals surface area contributed by atoms with Crippen molar-refractivity contribution in [2.45, 2.75) is 84.9 Å². The van der Waals surface area contributed by atoms with Crippen LogP contribution in [0, 0.1) is 0 Å². The van der Waals surface area contributed by atoms with Crippen molar-refractivity contribution >= 4 is 20.9 Å². The maximum Gasteiger partial charge on any atom is 0.500 e. The van der Waals surface area contributed by atoms with Crippen LogP contribution in [0.4, 0.5) is 4.79 Å². The monoisotopic (exact) mass is 476 g/mol. The van der Waals surface area contributed by atoms with E-state index in [2.05, 4.69) is 5.32 Å². The van der Waals surface area contributed by atoms with E-state index in [1.165, 1.54) is 4.90 Å². The second kappa shape index (κ2) is 14.8. The third kappa shape index (κ3) is 10.6. The predicted molar refractivity (Wildman–Crippen MR) is 124 cm³/mol. The molecular formula is C22H44N2O7Si. The summed E-state index contributed by atoms with van der Waals surface area (Å²) in [5.74, 6) is -0.353. The van der Waals surface area contributed by atoms with Gasteiger partial charge in [0.15, 0.2) is 0 Å². The average Bonchev–Trinajstić information content (AvgIpc) is 3.19. The number of ether oxygens (including phenoxy) is 2. The van der Waals surface area contributed by atoms with Crippen molar-refractivity contribution in [1.29, 1.82) is 0 Å². The Morgan fingerprint density at radius 1 is 1.00 bits per heavy atom. The Bertz CT molecular complexity index is 540. The number of nitrogens with one attached hydrogen (secondary N) is 1. The topological polar surface area (TPSA) is 95.6 Å². The Kier molecular flexibility index (Phi) is 13.4. The third-order valence-corrected chi connectivity index (χ3v) is 7.98. The summed E-state index contributed by atoms with van der Waals surface area (Å²) < 4.78 is 28.4. The van der Waals surface area contributed by atoms with E-state index in [0.717, 1.165) is 32.0 Å². The number of carbonyl (C=O) groups excluding carboxylic acids is 2. The second-order valence-electron chi connectivity index (χ2n) is 8.69. The number of amides is 1. The smallest absolute Gasteiger partial charge is 0.464 e. The van der Waals surface area contributed by atoms with Gasteiger partial charge in [0.05, 0.1) is 6.61 Å². The van der Waals surface area contributed by atoms with Crippen LogP contribution >= 0.6 is 0 Å². The number of nitrogens with zero attached hydrogens (tertiary/aromatic N) is 1. The summed E-state index contributed by atoms with van der Waals surface area (Å²) in [7, 11) is -2.58. The molecule has 1 heterocycles. The van der Waals surface area contributed by atoms with Crippen LogP contribution in [0.15, 0.2) is 0 Å². The van der Waals surface area contributed by atoms with E-state index in [1.54, 1.807) is 0 Å². The molecule has 0 aliphatic carbocycles. The molecule has 0 aromatic heterocycles. The largest absolute Gasteiger partial charge is 0.500 e.